The van der Waals surface area contributed by atoms with Crippen molar-refractivity contribution in [2.24, 2.45) is 0 Å². The molecule has 0 radical (unpaired) electrons. The molecule has 0 spiro atoms. The van der Waals surface area contributed by atoms with Gasteiger partial charge in [0, 0.05) is 0 Å². The Bertz CT molecular complexity index is 596. The maximum absolute atomic E-state index is 12.1. The van der Waals surface area contributed by atoms with Crippen LogP contribution in [0.2, 0.25) is 0 Å². The number of nitrogens with one attached hydrogen (secondary N) is 2. The van der Waals surface area contributed by atoms with Crippen LogP contribution in [0.4, 0.5) is 0 Å². The number of amides is 2. The van der Waals surface area contributed by atoms with E-state index in [1.807, 2.05) is 48.7 Å². The summed E-state index contributed by atoms with van der Waals surface area (Å²) in [4.78, 5) is 24.6. The molecule has 5 heteroatoms. The molecule has 2 N–H and O–H groups in total. The molecule has 2 atom stereocenters. The van der Waals surface area contributed by atoms with Gasteiger partial charge in [-0.3, -0.25) is 9.59 Å². The molecule has 0 aliphatic rings. The molecule has 110 valence electrons. The molecular formula is C16H18N2O2S. The van der Waals surface area contributed by atoms with E-state index < -0.39 is 6.04 Å². The summed E-state index contributed by atoms with van der Waals surface area (Å²) in [5, 5.41) is 7.43. The molecule has 0 bridgehead atoms. The minimum absolute atomic E-state index is 0.0974. The van der Waals surface area contributed by atoms with E-state index in [1.165, 1.54) is 11.3 Å². The molecule has 0 aliphatic heterocycles. The van der Waals surface area contributed by atoms with Crippen LogP contribution in [0.15, 0.2) is 47.8 Å². The van der Waals surface area contributed by atoms with Gasteiger partial charge in [-0.1, -0.05) is 36.4 Å². The fourth-order valence-corrected chi connectivity index (χ4v) is 2.53. The van der Waals surface area contributed by atoms with Gasteiger partial charge >= 0.3 is 0 Å². The standard InChI is InChI=1S/C16H18N2O2S/c1-11(13-7-4-3-5-8-13)17-15(19)12(2)18-16(20)14-9-6-10-21-14/h3-12H,1-2H3,(H,17,19)(H,18,20)/t11-,12-/m0/s1. The maximum atomic E-state index is 12.1. The predicted molar refractivity (Wildman–Crippen MR) is 84.2 cm³/mol. The lowest BCUT2D eigenvalue weighted by molar-refractivity contribution is -0.123. The molecule has 0 unspecified atom stereocenters. The van der Waals surface area contributed by atoms with Crippen molar-refractivity contribution in [3.63, 3.8) is 0 Å². The number of benzene rings is 1. The topological polar surface area (TPSA) is 58.2 Å². The summed E-state index contributed by atoms with van der Waals surface area (Å²) in [6.07, 6.45) is 0. The van der Waals surface area contributed by atoms with Crippen molar-refractivity contribution in [2.75, 3.05) is 0 Å². The van der Waals surface area contributed by atoms with Gasteiger partial charge in [0.1, 0.15) is 6.04 Å². The van der Waals surface area contributed by atoms with Crippen molar-refractivity contribution in [3.8, 4) is 0 Å². The van der Waals surface area contributed by atoms with E-state index >= 15 is 0 Å². The minimum atomic E-state index is -0.578. The fourth-order valence-electron chi connectivity index (χ4n) is 1.90. The van der Waals surface area contributed by atoms with E-state index in [0.717, 1.165) is 5.56 Å². The molecule has 1 heterocycles. The third-order valence-electron chi connectivity index (χ3n) is 3.14. The van der Waals surface area contributed by atoms with Crippen LogP contribution in [0.3, 0.4) is 0 Å². The number of rotatable bonds is 5. The predicted octanol–water partition coefficient (Wildman–Crippen LogP) is 2.74. The van der Waals surface area contributed by atoms with E-state index in [9.17, 15) is 9.59 Å². The number of carbonyl (C=O) groups excluding carboxylic acids is 2. The summed E-state index contributed by atoms with van der Waals surface area (Å²) in [6, 6.07) is 12.6. The Balaban J connectivity index is 1.89. The van der Waals surface area contributed by atoms with Gasteiger partial charge in [0.05, 0.1) is 10.9 Å². The first-order chi connectivity index (χ1) is 10.1. The fraction of sp³-hybridized carbons (Fsp3) is 0.250. The summed E-state index contributed by atoms with van der Waals surface area (Å²) < 4.78 is 0. The number of carbonyl (C=O) groups is 2. The van der Waals surface area contributed by atoms with E-state index in [4.69, 9.17) is 0 Å². The molecule has 1 aromatic carbocycles. The lowest BCUT2D eigenvalue weighted by Gasteiger charge is -2.18. The molecule has 0 saturated heterocycles. The first-order valence-electron chi connectivity index (χ1n) is 6.77. The highest BCUT2D eigenvalue weighted by atomic mass is 32.1. The molecular weight excluding hydrogens is 284 g/mol. The second kappa shape index (κ2) is 7.04. The van der Waals surface area contributed by atoms with Crippen LogP contribution in [0.25, 0.3) is 0 Å². The normalized spacial score (nSPS) is 13.2. The first kappa shape index (κ1) is 15.3. The van der Waals surface area contributed by atoms with Crippen molar-refractivity contribution in [1.29, 1.82) is 0 Å². The highest BCUT2D eigenvalue weighted by Crippen LogP contribution is 2.11. The van der Waals surface area contributed by atoms with Gasteiger partial charge in [0.2, 0.25) is 5.91 Å². The lowest BCUT2D eigenvalue weighted by Crippen LogP contribution is -2.45. The molecule has 0 fully saturated rings. The maximum Gasteiger partial charge on any atom is 0.261 e. The molecule has 4 nitrogen and oxygen atoms in total. The highest BCUT2D eigenvalue weighted by Gasteiger charge is 2.19. The van der Waals surface area contributed by atoms with Crippen molar-refractivity contribution in [1.82, 2.24) is 10.6 Å². The van der Waals surface area contributed by atoms with Crippen molar-refractivity contribution in [2.45, 2.75) is 25.9 Å². The van der Waals surface area contributed by atoms with E-state index in [-0.39, 0.29) is 17.9 Å². The number of hydrogen-bond donors (Lipinski definition) is 2. The van der Waals surface area contributed by atoms with Gasteiger partial charge in [0.15, 0.2) is 0 Å². The summed E-state index contributed by atoms with van der Waals surface area (Å²) in [7, 11) is 0. The van der Waals surface area contributed by atoms with Gasteiger partial charge in [-0.2, -0.15) is 0 Å². The lowest BCUT2D eigenvalue weighted by atomic mass is 10.1. The van der Waals surface area contributed by atoms with E-state index in [0.29, 0.717) is 4.88 Å². The van der Waals surface area contributed by atoms with Crippen LogP contribution in [-0.4, -0.2) is 17.9 Å². The largest absolute Gasteiger partial charge is 0.348 e. The average Bonchev–Trinajstić information content (AvgIpc) is 3.02. The molecule has 1 aromatic heterocycles. The van der Waals surface area contributed by atoms with Gasteiger partial charge in [-0.05, 0) is 30.9 Å². The van der Waals surface area contributed by atoms with Gasteiger partial charge < -0.3 is 10.6 Å². The Kier molecular flexibility index (Phi) is 5.11. The second-order valence-corrected chi connectivity index (χ2v) is 5.76. The third kappa shape index (κ3) is 4.16. The number of hydrogen-bond acceptors (Lipinski definition) is 3. The summed E-state index contributed by atoms with van der Waals surface area (Å²) in [5.74, 6) is -0.420. The van der Waals surface area contributed by atoms with Crippen LogP contribution in [0, 0.1) is 0 Å². The van der Waals surface area contributed by atoms with E-state index in [2.05, 4.69) is 10.6 Å². The van der Waals surface area contributed by atoms with Crippen LogP contribution in [0.1, 0.15) is 35.1 Å². The first-order valence-corrected chi connectivity index (χ1v) is 7.65. The molecule has 2 amide bonds. The SMILES string of the molecule is C[C@H](NC(=O)c1cccs1)C(=O)N[C@@H](C)c1ccccc1. The summed E-state index contributed by atoms with van der Waals surface area (Å²) >= 11 is 1.35. The van der Waals surface area contributed by atoms with Crippen LogP contribution < -0.4 is 10.6 Å². The Morgan fingerprint density at radius 3 is 2.33 bits per heavy atom. The zero-order valence-corrected chi connectivity index (χ0v) is 12.8. The summed E-state index contributed by atoms with van der Waals surface area (Å²) in [6.45, 7) is 3.60. The van der Waals surface area contributed by atoms with Crippen molar-refractivity contribution >= 4 is 23.2 Å². The van der Waals surface area contributed by atoms with Crippen LogP contribution in [0.5, 0.6) is 0 Å². The van der Waals surface area contributed by atoms with Gasteiger partial charge in [-0.25, -0.2) is 0 Å². The van der Waals surface area contributed by atoms with Crippen molar-refractivity contribution < 1.29 is 9.59 Å². The third-order valence-corrected chi connectivity index (χ3v) is 4.01. The Morgan fingerprint density at radius 2 is 1.71 bits per heavy atom. The molecule has 2 aromatic rings. The molecule has 0 aliphatic carbocycles. The Morgan fingerprint density at radius 1 is 1.00 bits per heavy atom. The number of thiophene rings is 1. The molecule has 0 saturated carbocycles. The monoisotopic (exact) mass is 302 g/mol. The quantitative estimate of drug-likeness (QED) is 0.892. The van der Waals surface area contributed by atoms with E-state index in [1.54, 1.807) is 13.0 Å². The minimum Gasteiger partial charge on any atom is -0.348 e. The Labute approximate surface area is 128 Å². The van der Waals surface area contributed by atoms with Crippen LogP contribution >= 0.6 is 11.3 Å². The summed E-state index contributed by atoms with van der Waals surface area (Å²) in [5.41, 5.74) is 1.03. The zero-order valence-electron chi connectivity index (χ0n) is 12.0. The molecule has 2 rings (SSSR count). The Hall–Kier alpha value is -2.14. The van der Waals surface area contributed by atoms with Crippen molar-refractivity contribution in [3.05, 3.63) is 58.3 Å². The molecule has 21 heavy (non-hydrogen) atoms. The zero-order chi connectivity index (χ0) is 15.2. The average molecular weight is 302 g/mol. The van der Waals surface area contributed by atoms with Gasteiger partial charge in [0.25, 0.3) is 5.91 Å². The van der Waals surface area contributed by atoms with Gasteiger partial charge in [-0.15, -0.1) is 11.3 Å². The smallest absolute Gasteiger partial charge is 0.261 e. The van der Waals surface area contributed by atoms with Crippen LogP contribution in [-0.2, 0) is 4.79 Å². The highest BCUT2D eigenvalue weighted by molar-refractivity contribution is 7.12. The second-order valence-electron chi connectivity index (χ2n) is 4.81.